The highest BCUT2D eigenvalue weighted by Crippen LogP contribution is 2.11. The maximum absolute atomic E-state index is 11.8. The summed E-state index contributed by atoms with van der Waals surface area (Å²) >= 11 is 0. The van der Waals surface area contributed by atoms with Crippen LogP contribution in [0.2, 0.25) is 0 Å². The summed E-state index contributed by atoms with van der Waals surface area (Å²) in [6, 6.07) is 0. The van der Waals surface area contributed by atoms with Crippen LogP contribution in [0.1, 0.15) is 53.4 Å². The van der Waals surface area contributed by atoms with E-state index in [2.05, 4.69) is 6.92 Å². The maximum atomic E-state index is 11.8. The van der Waals surface area contributed by atoms with E-state index in [0.717, 1.165) is 12.8 Å². The topological polar surface area (TPSA) is 49.8 Å². The zero-order valence-corrected chi connectivity index (χ0v) is 11.7. The molecule has 0 spiro atoms. The van der Waals surface area contributed by atoms with Gasteiger partial charge in [-0.3, -0.25) is 0 Å². The van der Waals surface area contributed by atoms with Crippen LogP contribution < -0.4 is 0 Å². The molecule has 0 aliphatic heterocycles. The quantitative estimate of drug-likeness (QED) is 0.702. The Labute approximate surface area is 105 Å². The lowest BCUT2D eigenvalue weighted by Gasteiger charge is -2.27. The molecule has 0 radical (unpaired) electrons. The highest BCUT2D eigenvalue weighted by Gasteiger charge is 2.21. The Hall–Kier alpha value is -0.770. The molecule has 1 N–H and O–H groups in total. The van der Waals surface area contributed by atoms with Crippen LogP contribution >= 0.6 is 0 Å². The van der Waals surface area contributed by atoms with Crippen molar-refractivity contribution in [3.8, 4) is 0 Å². The van der Waals surface area contributed by atoms with Gasteiger partial charge in [0.25, 0.3) is 0 Å². The van der Waals surface area contributed by atoms with Gasteiger partial charge >= 0.3 is 6.09 Å². The molecule has 0 aromatic heterocycles. The Morgan fingerprint density at radius 3 is 2.29 bits per heavy atom. The maximum Gasteiger partial charge on any atom is 0.410 e. The molecule has 0 fully saturated rings. The fourth-order valence-electron chi connectivity index (χ4n) is 1.47. The predicted molar refractivity (Wildman–Crippen MR) is 69.0 cm³/mol. The van der Waals surface area contributed by atoms with E-state index >= 15 is 0 Å². The Balaban J connectivity index is 4.07. The van der Waals surface area contributed by atoms with Gasteiger partial charge in [0.2, 0.25) is 0 Å². The van der Waals surface area contributed by atoms with Crippen LogP contribution in [-0.2, 0) is 4.74 Å². The molecule has 0 aliphatic rings. The first-order valence-electron chi connectivity index (χ1n) is 6.49. The monoisotopic (exact) mass is 245 g/mol. The largest absolute Gasteiger partial charge is 0.444 e. The van der Waals surface area contributed by atoms with E-state index in [4.69, 9.17) is 9.84 Å². The fourth-order valence-corrected chi connectivity index (χ4v) is 1.47. The van der Waals surface area contributed by atoms with E-state index in [0.29, 0.717) is 13.1 Å². The third kappa shape index (κ3) is 8.98. The second-order valence-corrected chi connectivity index (χ2v) is 5.25. The highest BCUT2D eigenvalue weighted by atomic mass is 16.6. The van der Waals surface area contributed by atoms with Gasteiger partial charge in [0, 0.05) is 13.1 Å². The number of ether oxygens (including phenoxy) is 1. The summed E-state index contributed by atoms with van der Waals surface area (Å²) in [7, 11) is 0. The normalized spacial score (nSPS) is 11.4. The first-order chi connectivity index (χ1) is 7.90. The number of amides is 1. The van der Waals surface area contributed by atoms with Gasteiger partial charge in [-0.15, -0.1) is 0 Å². The fraction of sp³-hybridized carbons (Fsp3) is 0.923. The molecule has 17 heavy (non-hydrogen) atoms. The minimum Gasteiger partial charge on any atom is -0.444 e. The molecule has 1 amide bonds. The van der Waals surface area contributed by atoms with Gasteiger partial charge in [0.1, 0.15) is 5.60 Å². The lowest BCUT2D eigenvalue weighted by molar-refractivity contribution is 0.0216. The molecule has 0 bridgehead atoms. The molecule has 0 heterocycles. The summed E-state index contributed by atoms with van der Waals surface area (Å²) in [5.74, 6) is 0. The molecule has 0 rings (SSSR count). The van der Waals surface area contributed by atoms with Crippen molar-refractivity contribution in [2.45, 2.75) is 59.0 Å². The number of carbonyl (C=O) groups excluding carboxylic acids is 1. The summed E-state index contributed by atoms with van der Waals surface area (Å²) in [5, 5.41) is 8.94. The highest BCUT2D eigenvalue weighted by molar-refractivity contribution is 5.68. The number of carbonyl (C=O) groups is 1. The zero-order chi connectivity index (χ0) is 13.3. The SMILES string of the molecule is CCCCCCN(CCO)C(=O)OC(C)(C)C. The van der Waals surface area contributed by atoms with Crippen molar-refractivity contribution in [1.29, 1.82) is 0 Å². The predicted octanol–water partition coefficient (Wildman–Crippen LogP) is 2.80. The van der Waals surface area contributed by atoms with Crippen LogP contribution in [0.15, 0.2) is 0 Å². The molecular formula is C13H27NO3. The van der Waals surface area contributed by atoms with Crippen LogP contribution in [-0.4, -0.2) is 41.4 Å². The van der Waals surface area contributed by atoms with Gasteiger partial charge in [0.15, 0.2) is 0 Å². The minimum atomic E-state index is -0.478. The Morgan fingerprint density at radius 2 is 1.82 bits per heavy atom. The number of hydrogen-bond donors (Lipinski definition) is 1. The lowest BCUT2D eigenvalue weighted by Crippen LogP contribution is -2.39. The molecule has 0 atom stereocenters. The third-order valence-electron chi connectivity index (χ3n) is 2.30. The van der Waals surface area contributed by atoms with E-state index < -0.39 is 5.60 Å². The number of hydrogen-bond acceptors (Lipinski definition) is 3. The van der Waals surface area contributed by atoms with Crippen LogP contribution in [0.3, 0.4) is 0 Å². The summed E-state index contributed by atoms with van der Waals surface area (Å²) in [6.07, 6.45) is 4.10. The molecule has 0 aromatic rings. The molecule has 4 heteroatoms. The molecule has 0 unspecified atom stereocenters. The van der Waals surface area contributed by atoms with Gasteiger partial charge in [-0.1, -0.05) is 26.2 Å². The van der Waals surface area contributed by atoms with E-state index in [1.54, 1.807) is 4.90 Å². The lowest BCUT2D eigenvalue weighted by atomic mass is 10.2. The zero-order valence-electron chi connectivity index (χ0n) is 11.7. The molecule has 0 saturated carbocycles. The number of unbranched alkanes of at least 4 members (excludes halogenated alkanes) is 3. The molecule has 4 nitrogen and oxygen atoms in total. The van der Waals surface area contributed by atoms with Crippen LogP contribution in [0.25, 0.3) is 0 Å². The van der Waals surface area contributed by atoms with Gasteiger partial charge < -0.3 is 14.7 Å². The van der Waals surface area contributed by atoms with E-state index in [9.17, 15) is 4.79 Å². The van der Waals surface area contributed by atoms with Crippen molar-refractivity contribution in [1.82, 2.24) is 4.90 Å². The Kier molecular flexibility index (Phi) is 7.96. The van der Waals surface area contributed by atoms with Crippen molar-refractivity contribution in [2.75, 3.05) is 19.7 Å². The van der Waals surface area contributed by atoms with Crippen LogP contribution in [0, 0.1) is 0 Å². The summed E-state index contributed by atoms with van der Waals surface area (Å²) in [5.41, 5.74) is -0.478. The molecule has 0 saturated heterocycles. The molecule has 102 valence electrons. The van der Waals surface area contributed by atoms with Crippen molar-refractivity contribution in [3.63, 3.8) is 0 Å². The van der Waals surface area contributed by atoms with Gasteiger partial charge in [0.05, 0.1) is 6.61 Å². The van der Waals surface area contributed by atoms with E-state index in [-0.39, 0.29) is 12.7 Å². The average molecular weight is 245 g/mol. The van der Waals surface area contributed by atoms with Gasteiger partial charge in [-0.25, -0.2) is 4.79 Å². The van der Waals surface area contributed by atoms with E-state index in [1.807, 2.05) is 20.8 Å². The summed E-state index contributed by atoms with van der Waals surface area (Å²) in [6.45, 7) is 8.68. The molecule has 0 aliphatic carbocycles. The Morgan fingerprint density at radius 1 is 1.18 bits per heavy atom. The van der Waals surface area contributed by atoms with Crippen molar-refractivity contribution in [2.24, 2.45) is 0 Å². The van der Waals surface area contributed by atoms with Crippen molar-refractivity contribution >= 4 is 6.09 Å². The first-order valence-corrected chi connectivity index (χ1v) is 6.49. The van der Waals surface area contributed by atoms with E-state index in [1.165, 1.54) is 12.8 Å². The smallest absolute Gasteiger partial charge is 0.410 e. The Bertz CT molecular complexity index is 211. The second kappa shape index (κ2) is 8.34. The minimum absolute atomic E-state index is 0.0208. The number of rotatable bonds is 7. The molecule has 0 aromatic carbocycles. The molecular weight excluding hydrogens is 218 g/mol. The van der Waals surface area contributed by atoms with Gasteiger partial charge in [-0.05, 0) is 27.2 Å². The van der Waals surface area contributed by atoms with Crippen LogP contribution in [0.5, 0.6) is 0 Å². The van der Waals surface area contributed by atoms with Gasteiger partial charge in [-0.2, -0.15) is 0 Å². The van der Waals surface area contributed by atoms with Crippen LogP contribution in [0.4, 0.5) is 4.79 Å². The van der Waals surface area contributed by atoms with Crippen molar-refractivity contribution < 1.29 is 14.6 Å². The second-order valence-electron chi connectivity index (χ2n) is 5.25. The summed E-state index contributed by atoms with van der Waals surface area (Å²) in [4.78, 5) is 13.4. The van der Waals surface area contributed by atoms with Crippen molar-refractivity contribution in [3.05, 3.63) is 0 Å². The number of aliphatic hydroxyl groups excluding tert-OH is 1. The average Bonchev–Trinajstić information content (AvgIpc) is 2.20. The number of nitrogens with zero attached hydrogens (tertiary/aromatic N) is 1. The number of aliphatic hydroxyl groups is 1. The third-order valence-corrected chi connectivity index (χ3v) is 2.30. The first kappa shape index (κ1) is 16.2. The summed E-state index contributed by atoms with van der Waals surface area (Å²) < 4.78 is 5.29. The standard InChI is InChI=1S/C13H27NO3/c1-5-6-7-8-9-14(10-11-15)12(16)17-13(2,3)4/h15H,5-11H2,1-4H3.